The molecular weight excluding hydrogens is 375 g/mol. The molecule has 0 spiro atoms. The van der Waals surface area contributed by atoms with Gasteiger partial charge in [-0.25, -0.2) is 0 Å². The molecule has 1 aromatic heterocycles. The van der Waals surface area contributed by atoms with E-state index in [-0.39, 0.29) is 5.78 Å². The van der Waals surface area contributed by atoms with E-state index in [1.54, 1.807) is 54.6 Å². The minimum Gasteiger partial charge on any atom is -0.289 e. The van der Waals surface area contributed by atoms with Crippen molar-refractivity contribution in [3.05, 3.63) is 94.6 Å². The minimum absolute atomic E-state index is 0.153. The molecular formula is C21H13ClF3NO. The molecule has 2 aromatic carbocycles. The lowest BCUT2D eigenvalue weighted by Gasteiger charge is -2.07. The molecule has 0 aliphatic heterocycles. The Labute approximate surface area is 158 Å². The predicted octanol–water partition coefficient (Wildman–Crippen LogP) is 6.32. The van der Waals surface area contributed by atoms with Crippen LogP contribution in [-0.2, 0) is 6.18 Å². The fraction of sp³-hybridized carbons (Fsp3) is 0.0476. The predicted molar refractivity (Wildman–Crippen MR) is 99.5 cm³/mol. The van der Waals surface area contributed by atoms with E-state index in [4.69, 9.17) is 11.6 Å². The topological polar surface area (TPSA) is 30.0 Å². The van der Waals surface area contributed by atoms with Crippen LogP contribution in [0.1, 0.15) is 21.5 Å². The van der Waals surface area contributed by atoms with Gasteiger partial charge in [-0.05, 0) is 48.0 Å². The number of rotatable bonds is 4. The zero-order valence-electron chi connectivity index (χ0n) is 13.9. The van der Waals surface area contributed by atoms with Gasteiger partial charge in [-0.1, -0.05) is 41.9 Å². The number of carbonyl (C=O) groups is 1. The van der Waals surface area contributed by atoms with Gasteiger partial charge < -0.3 is 0 Å². The molecule has 0 atom stereocenters. The van der Waals surface area contributed by atoms with Crippen LogP contribution in [0.4, 0.5) is 13.2 Å². The Morgan fingerprint density at radius 2 is 1.59 bits per heavy atom. The third-order valence-electron chi connectivity index (χ3n) is 3.85. The summed E-state index contributed by atoms with van der Waals surface area (Å²) in [6.07, 6.45) is -0.472. The van der Waals surface area contributed by atoms with Crippen LogP contribution in [0.15, 0.2) is 72.9 Å². The Bertz CT molecular complexity index is 960. The SMILES string of the molecule is O=C(C=Cc1ccc(-c2ccc(C(F)(F)F)cn2)cc1)c1ccc(Cl)cc1. The molecule has 0 fully saturated rings. The van der Waals surface area contributed by atoms with Crippen molar-refractivity contribution in [1.29, 1.82) is 0 Å². The number of hydrogen-bond donors (Lipinski definition) is 0. The summed E-state index contributed by atoms with van der Waals surface area (Å²) in [5.41, 5.74) is 1.65. The highest BCUT2D eigenvalue weighted by molar-refractivity contribution is 6.30. The second-order valence-electron chi connectivity index (χ2n) is 5.76. The van der Waals surface area contributed by atoms with Crippen LogP contribution in [0.5, 0.6) is 0 Å². The number of nitrogens with zero attached hydrogens (tertiary/aromatic N) is 1. The normalized spacial score (nSPS) is 11.7. The Morgan fingerprint density at radius 1 is 0.926 bits per heavy atom. The van der Waals surface area contributed by atoms with Gasteiger partial charge in [-0.2, -0.15) is 13.2 Å². The maximum Gasteiger partial charge on any atom is 0.417 e. The van der Waals surface area contributed by atoms with Crippen LogP contribution in [-0.4, -0.2) is 10.8 Å². The molecule has 0 saturated carbocycles. The van der Waals surface area contributed by atoms with Gasteiger partial charge in [-0.3, -0.25) is 9.78 Å². The van der Waals surface area contributed by atoms with Gasteiger partial charge in [0.05, 0.1) is 11.3 Å². The second-order valence-corrected chi connectivity index (χ2v) is 6.19. The van der Waals surface area contributed by atoms with E-state index < -0.39 is 11.7 Å². The molecule has 0 N–H and O–H groups in total. The number of aromatic nitrogens is 1. The number of benzene rings is 2. The Kier molecular flexibility index (Phi) is 5.42. The fourth-order valence-corrected chi connectivity index (χ4v) is 2.51. The molecule has 0 aliphatic carbocycles. The van der Waals surface area contributed by atoms with Crippen LogP contribution in [0.2, 0.25) is 5.02 Å². The first kappa shape index (κ1) is 18.9. The molecule has 6 heteroatoms. The van der Waals surface area contributed by atoms with Gasteiger partial charge in [-0.15, -0.1) is 0 Å². The Morgan fingerprint density at radius 3 is 2.15 bits per heavy atom. The molecule has 0 amide bonds. The molecule has 0 unspecified atom stereocenters. The minimum atomic E-state index is -4.41. The number of ketones is 1. The number of pyridine rings is 1. The Balaban J connectivity index is 1.71. The van der Waals surface area contributed by atoms with Crippen LogP contribution in [0, 0.1) is 0 Å². The van der Waals surface area contributed by atoms with E-state index in [0.29, 0.717) is 21.8 Å². The van der Waals surface area contributed by atoms with Crippen molar-refractivity contribution in [2.45, 2.75) is 6.18 Å². The highest BCUT2D eigenvalue weighted by Crippen LogP contribution is 2.29. The van der Waals surface area contributed by atoms with Gasteiger partial charge in [0.15, 0.2) is 5.78 Å². The Hall–Kier alpha value is -2.92. The van der Waals surface area contributed by atoms with Crippen LogP contribution < -0.4 is 0 Å². The molecule has 0 bridgehead atoms. The van der Waals surface area contributed by atoms with Crippen molar-refractivity contribution < 1.29 is 18.0 Å². The summed E-state index contributed by atoms with van der Waals surface area (Å²) in [5, 5.41) is 0.558. The van der Waals surface area contributed by atoms with Gasteiger partial charge in [0.2, 0.25) is 0 Å². The number of alkyl halides is 3. The van der Waals surface area contributed by atoms with Crippen molar-refractivity contribution in [2.24, 2.45) is 0 Å². The van der Waals surface area contributed by atoms with Gasteiger partial charge in [0.25, 0.3) is 0 Å². The first-order chi connectivity index (χ1) is 12.8. The third kappa shape index (κ3) is 4.83. The zero-order valence-corrected chi connectivity index (χ0v) is 14.6. The first-order valence-electron chi connectivity index (χ1n) is 7.94. The summed E-state index contributed by atoms with van der Waals surface area (Å²) < 4.78 is 37.8. The van der Waals surface area contributed by atoms with Crippen molar-refractivity contribution >= 4 is 23.5 Å². The number of carbonyl (C=O) groups excluding carboxylic acids is 1. The number of halogens is 4. The molecule has 136 valence electrons. The fourth-order valence-electron chi connectivity index (χ4n) is 2.38. The van der Waals surface area contributed by atoms with Gasteiger partial charge in [0, 0.05) is 22.3 Å². The van der Waals surface area contributed by atoms with Crippen molar-refractivity contribution in [3.63, 3.8) is 0 Å². The quantitative estimate of drug-likeness (QED) is 0.387. The van der Waals surface area contributed by atoms with Crippen LogP contribution in [0.3, 0.4) is 0 Å². The largest absolute Gasteiger partial charge is 0.417 e. The van der Waals surface area contributed by atoms with Crippen LogP contribution in [0.25, 0.3) is 17.3 Å². The molecule has 0 aliphatic rings. The maximum absolute atomic E-state index is 12.6. The van der Waals surface area contributed by atoms with E-state index in [1.807, 2.05) is 0 Å². The third-order valence-corrected chi connectivity index (χ3v) is 4.11. The lowest BCUT2D eigenvalue weighted by atomic mass is 10.1. The lowest BCUT2D eigenvalue weighted by molar-refractivity contribution is -0.137. The highest BCUT2D eigenvalue weighted by Gasteiger charge is 2.30. The second kappa shape index (κ2) is 7.76. The smallest absolute Gasteiger partial charge is 0.289 e. The molecule has 0 saturated heterocycles. The summed E-state index contributed by atoms with van der Waals surface area (Å²) in [7, 11) is 0. The van der Waals surface area contributed by atoms with Crippen LogP contribution >= 0.6 is 11.6 Å². The van der Waals surface area contributed by atoms with E-state index in [1.165, 1.54) is 12.1 Å². The zero-order chi connectivity index (χ0) is 19.4. The van der Waals surface area contributed by atoms with Crippen molar-refractivity contribution in [3.8, 4) is 11.3 Å². The summed E-state index contributed by atoms with van der Waals surface area (Å²) in [4.78, 5) is 16.0. The number of allylic oxidation sites excluding steroid dienone is 1. The monoisotopic (exact) mass is 387 g/mol. The molecule has 3 rings (SSSR count). The van der Waals surface area contributed by atoms with E-state index >= 15 is 0 Å². The molecule has 2 nitrogen and oxygen atoms in total. The summed E-state index contributed by atoms with van der Waals surface area (Å²) >= 11 is 5.80. The summed E-state index contributed by atoms with van der Waals surface area (Å²) in [6, 6.07) is 15.9. The van der Waals surface area contributed by atoms with E-state index in [0.717, 1.165) is 17.8 Å². The molecule has 0 radical (unpaired) electrons. The van der Waals surface area contributed by atoms with E-state index in [2.05, 4.69) is 4.98 Å². The summed E-state index contributed by atoms with van der Waals surface area (Å²) in [5.74, 6) is -0.153. The molecule has 27 heavy (non-hydrogen) atoms. The van der Waals surface area contributed by atoms with Gasteiger partial charge >= 0.3 is 6.18 Å². The van der Waals surface area contributed by atoms with Gasteiger partial charge in [0.1, 0.15) is 0 Å². The van der Waals surface area contributed by atoms with Crippen molar-refractivity contribution in [2.75, 3.05) is 0 Å². The van der Waals surface area contributed by atoms with Crippen molar-refractivity contribution in [1.82, 2.24) is 4.98 Å². The lowest BCUT2D eigenvalue weighted by Crippen LogP contribution is -2.05. The highest BCUT2D eigenvalue weighted by atomic mass is 35.5. The maximum atomic E-state index is 12.6. The summed E-state index contributed by atoms with van der Waals surface area (Å²) in [6.45, 7) is 0. The molecule has 3 aromatic rings. The average molecular weight is 388 g/mol. The van der Waals surface area contributed by atoms with E-state index in [9.17, 15) is 18.0 Å². The average Bonchev–Trinajstić information content (AvgIpc) is 2.66. The first-order valence-corrected chi connectivity index (χ1v) is 8.32. The number of hydrogen-bond acceptors (Lipinski definition) is 2. The standard InChI is InChI=1S/C21H13ClF3NO/c22-18-9-6-16(7-10-18)20(27)12-3-14-1-4-15(5-2-14)19-11-8-17(13-26-19)21(23,24)25/h1-13H. The molecule has 1 heterocycles.